The first-order valence-electron chi connectivity index (χ1n) is 9.15. The molecule has 0 radical (unpaired) electrons. The van der Waals surface area contributed by atoms with Crippen molar-refractivity contribution in [1.29, 1.82) is 0 Å². The number of rotatable bonds is 4. The fourth-order valence-corrected chi connectivity index (χ4v) is 4.61. The minimum Gasteiger partial charge on any atom is -0.393 e. The maximum atomic E-state index is 14.9. The van der Waals surface area contributed by atoms with Gasteiger partial charge in [0.2, 0.25) is 0 Å². The predicted octanol–water partition coefficient (Wildman–Crippen LogP) is 4.88. The summed E-state index contributed by atoms with van der Waals surface area (Å²) in [6.07, 6.45) is -0.884. The monoisotopic (exact) mass is 452 g/mol. The Kier molecular flexibility index (Phi) is 5.24. The van der Waals surface area contributed by atoms with Gasteiger partial charge in [-0.1, -0.05) is 34.1 Å². The molecule has 0 saturated heterocycles. The van der Waals surface area contributed by atoms with Crippen LogP contribution in [0.15, 0.2) is 40.9 Å². The molecule has 148 valence electrons. The lowest BCUT2D eigenvalue weighted by Crippen LogP contribution is -2.46. The van der Waals surface area contributed by atoms with E-state index in [9.17, 15) is 18.3 Å². The largest absolute Gasteiger partial charge is 0.393 e. The average Bonchev–Trinajstić information content (AvgIpc) is 3.01. The van der Waals surface area contributed by atoms with Crippen LogP contribution in [-0.4, -0.2) is 40.4 Å². The first-order valence-corrected chi connectivity index (χ1v) is 9.94. The number of fused-ring (bicyclic) bond motifs is 3. The van der Waals surface area contributed by atoms with E-state index >= 15 is 0 Å². The zero-order valence-electron chi connectivity index (χ0n) is 15.2. The van der Waals surface area contributed by atoms with Crippen molar-refractivity contribution in [3.63, 3.8) is 0 Å². The fourth-order valence-electron chi connectivity index (χ4n) is 4.20. The van der Waals surface area contributed by atoms with Gasteiger partial charge in [0.25, 0.3) is 0 Å². The van der Waals surface area contributed by atoms with Gasteiger partial charge in [-0.2, -0.15) is 0 Å². The lowest BCUT2D eigenvalue weighted by Gasteiger charge is -2.41. The summed E-state index contributed by atoms with van der Waals surface area (Å²) in [6.45, 7) is 1.16. The highest BCUT2D eigenvalue weighted by Crippen LogP contribution is 2.42. The fraction of sp³-hybridized carbons (Fsp3) is 0.333. The number of hydrogen-bond acceptors (Lipinski definition) is 2. The summed E-state index contributed by atoms with van der Waals surface area (Å²) in [4.78, 5) is 5.03. The lowest BCUT2D eigenvalue weighted by atomic mass is 9.88. The number of alkyl halides is 1. The van der Waals surface area contributed by atoms with E-state index in [-0.39, 0.29) is 18.2 Å². The molecule has 3 nitrogen and oxygen atoms in total. The lowest BCUT2D eigenvalue weighted by molar-refractivity contribution is 0.0750. The molecule has 2 unspecified atom stereocenters. The standard InChI is InChI=1S/C21H20BrF3N2O/c1-11-6-15-14-4-2-3-5-18(14)26-20(15)21(27(11)9-13(23)10-28)19-16(24)7-12(22)8-17(19)25/h2-5,7-8,11,13,21,26,28H,6,9-10H2,1H3/t11?,13?,21-/m1/s1. The molecule has 0 bridgehead atoms. The molecule has 0 saturated carbocycles. The Morgan fingerprint density at radius 2 is 1.93 bits per heavy atom. The van der Waals surface area contributed by atoms with E-state index in [4.69, 9.17) is 0 Å². The number of para-hydroxylation sites is 1. The van der Waals surface area contributed by atoms with E-state index < -0.39 is 30.5 Å². The van der Waals surface area contributed by atoms with Crippen LogP contribution in [-0.2, 0) is 6.42 Å². The summed E-state index contributed by atoms with van der Waals surface area (Å²) in [7, 11) is 0. The number of nitrogens with zero attached hydrogens (tertiary/aromatic N) is 1. The van der Waals surface area contributed by atoms with Gasteiger partial charge in [-0.25, -0.2) is 13.2 Å². The van der Waals surface area contributed by atoms with Crippen LogP contribution in [0.5, 0.6) is 0 Å². The highest BCUT2D eigenvalue weighted by Gasteiger charge is 2.39. The normalized spacial score (nSPS) is 21.1. The summed E-state index contributed by atoms with van der Waals surface area (Å²) in [5, 5.41) is 10.2. The van der Waals surface area contributed by atoms with Gasteiger partial charge in [-0.3, -0.25) is 4.90 Å². The molecular formula is C21H20BrF3N2O. The van der Waals surface area contributed by atoms with Crippen LogP contribution in [0.4, 0.5) is 13.2 Å². The zero-order valence-corrected chi connectivity index (χ0v) is 16.8. The van der Waals surface area contributed by atoms with Crippen LogP contribution >= 0.6 is 15.9 Å². The average molecular weight is 453 g/mol. The molecule has 1 aliphatic rings. The Balaban J connectivity index is 1.95. The summed E-state index contributed by atoms with van der Waals surface area (Å²) >= 11 is 3.11. The second-order valence-corrected chi connectivity index (χ2v) is 8.19. The maximum absolute atomic E-state index is 14.9. The number of aliphatic hydroxyl groups is 1. The quantitative estimate of drug-likeness (QED) is 0.592. The van der Waals surface area contributed by atoms with Gasteiger partial charge < -0.3 is 10.1 Å². The third-order valence-electron chi connectivity index (χ3n) is 5.44. The van der Waals surface area contributed by atoms with Gasteiger partial charge in [-0.05, 0) is 37.1 Å². The minimum absolute atomic E-state index is 0.118. The van der Waals surface area contributed by atoms with Crippen molar-refractivity contribution in [3.8, 4) is 0 Å². The van der Waals surface area contributed by atoms with Crippen LogP contribution in [0.3, 0.4) is 0 Å². The molecule has 3 atom stereocenters. The molecule has 0 aliphatic carbocycles. The van der Waals surface area contributed by atoms with Gasteiger partial charge in [0.1, 0.15) is 17.8 Å². The van der Waals surface area contributed by atoms with E-state index in [1.165, 1.54) is 12.1 Å². The Morgan fingerprint density at radius 3 is 2.61 bits per heavy atom. The van der Waals surface area contributed by atoms with Crippen LogP contribution in [0, 0.1) is 11.6 Å². The minimum atomic E-state index is -1.50. The first-order chi connectivity index (χ1) is 13.4. The number of aliphatic hydroxyl groups excluding tert-OH is 1. The first kappa shape index (κ1) is 19.5. The van der Waals surface area contributed by atoms with E-state index in [1.807, 2.05) is 31.2 Å². The van der Waals surface area contributed by atoms with E-state index in [1.54, 1.807) is 4.90 Å². The molecule has 1 aliphatic heterocycles. The summed E-state index contributed by atoms with van der Waals surface area (Å²) in [6, 6.07) is 9.17. The number of benzene rings is 2. The molecule has 2 N–H and O–H groups in total. The number of halogens is 4. The second kappa shape index (κ2) is 7.54. The number of H-pyrrole nitrogens is 1. The Morgan fingerprint density at radius 1 is 1.25 bits per heavy atom. The van der Waals surface area contributed by atoms with E-state index in [0.29, 0.717) is 16.6 Å². The molecule has 2 aromatic carbocycles. The van der Waals surface area contributed by atoms with Gasteiger partial charge >= 0.3 is 0 Å². The molecule has 0 fully saturated rings. The van der Waals surface area contributed by atoms with E-state index in [0.717, 1.165) is 16.5 Å². The van der Waals surface area contributed by atoms with Crippen LogP contribution in [0.25, 0.3) is 10.9 Å². The Hall–Kier alpha value is -1.83. The summed E-state index contributed by atoms with van der Waals surface area (Å²) in [5.74, 6) is -1.39. The van der Waals surface area contributed by atoms with Crippen LogP contribution in [0.1, 0.15) is 29.8 Å². The third-order valence-corrected chi connectivity index (χ3v) is 5.90. The maximum Gasteiger partial charge on any atom is 0.136 e. The number of nitrogens with one attached hydrogen (secondary N) is 1. The van der Waals surface area contributed by atoms with Gasteiger partial charge in [0.05, 0.1) is 12.6 Å². The van der Waals surface area contributed by atoms with Crippen molar-refractivity contribution in [2.75, 3.05) is 13.2 Å². The van der Waals surface area contributed by atoms with Crippen molar-refractivity contribution in [2.45, 2.75) is 31.6 Å². The van der Waals surface area contributed by atoms with Gasteiger partial charge in [-0.15, -0.1) is 0 Å². The molecule has 0 amide bonds. The Bertz CT molecular complexity index is 999. The third kappa shape index (κ3) is 3.25. The molecule has 28 heavy (non-hydrogen) atoms. The van der Waals surface area contributed by atoms with Crippen molar-refractivity contribution in [3.05, 3.63) is 69.3 Å². The molecule has 1 aromatic heterocycles. The highest BCUT2D eigenvalue weighted by molar-refractivity contribution is 9.10. The topological polar surface area (TPSA) is 39.3 Å². The molecular weight excluding hydrogens is 433 g/mol. The van der Waals surface area contributed by atoms with Crippen molar-refractivity contribution in [1.82, 2.24) is 9.88 Å². The van der Waals surface area contributed by atoms with Crippen molar-refractivity contribution < 1.29 is 18.3 Å². The van der Waals surface area contributed by atoms with Gasteiger partial charge in [0.15, 0.2) is 0 Å². The predicted molar refractivity (Wildman–Crippen MR) is 106 cm³/mol. The number of aromatic nitrogens is 1. The summed E-state index contributed by atoms with van der Waals surface area (Å²) in [5.41, 5.74) is 2.42. The molecule has 4 rings (SSSR count). The number of aromatic amines is 1. The smallest absolute Gasteiger partial charge is 0.136 e. The van der Waals surface area contributed by atoms with Gasteiger partial charge in [0, 0.05) is 39.2 Å². The molecule has 0 spiro atoms. The van der Waals surface area contributed by atoms with Crippen LogP contribution < -0.4 is 0 Å². The zero-order chi connectivity index (χ0) is 20.0. The van der Waals surface area contributed by atoms with Crippen LogP contribution in [0.2, 0.25) is 0 Å². The highest BCUT2D eigenvalue weighted by atomic mass is 79.9. The molecule has 7 heteroatoms. The van der Waals surface area contributed by atoms with Crippen molar-refractivity contribution >= 4 is 26.8 Å². The van der Waals surface area contributed by atoms with E-state index in [2.05, 4.69) is 20.9 Å². The summed E-state index contributed by atoms with van der Waals surface area (Å²) < 4.78 is 44.3. The molecule has 2 heterocycles. The number of hydrogen-bond donors (Lipinski definition) is 2. The molecule has 3 aromatic rings. The van der Waals surface area contributed by atoms with Crippen molar-refractivity contribution in [2.24, 2.45) is 0 Å². The second-order valence-electron chi connectivity index (χ2n) is 7.28. The Labute approximate surface area is 169 Å². The SMILES string of the molecule is CC1Cc2c([nH]c3ccccc23)[C@@H](c2c(F)cc(Br)cc2F)N1CC(F)CO.